The minimum absolute atomic E-state index is 0.0571. The van der Waals surface area contributed by atoms with Crippen LogP contribution in [0.2, 0.25) is 5.02 Å². The number of para-hydroxylation sites is 1. The van der Waals surface area contributed by atoms with Crippen LogP contribution in [0.5, 0.6) is 11.5 Å². The van der Waals surface area contributed by atoms with E-state index in [4.69, 9.17) is 21.1 Å². The summed E-state index contributed by atoms with van der Waals surface area (Å²) >= 11 is 9.33. The fraction of sp³-hybridized carbons (Fsp3) is 0.125. The van der Waals surface area contributed by atoms with Crippen molar-refractivity contribution in [2.75, 3.05) is 18.5 Å². The monoisotopic (exact) mass is 698 g/mol. The lowest BCUT2D eigenvalue weighted by Crippen LogP contribution is -2.21. The van der Waals surface area contributed by atoms with Gasteiger partial charge in [-0.3, -0.25) is 9.59 Å². The van der Waals surface area contributed by atoms with Crippen molar-refractivity contribution in [2.45, 2.75) is 13.1 Å². The van der Waals surface area contributed by atoms with Gasteiger partial charge in [-0.05, 0) is 89.1 Å². The molecule has 1 N–H and O–H groups in total. The third-order valence-electron chi connectivity index (χ3n) is 6.33. The van der Waals surface area contributed by atoms with Crippen LogP contribution >= 0.6 is 27.5 Å². The van der Waals surface area contributed by atoms with Crippen LogP contribution in [-0.4, -0.2) is 35.0 Å². The first kappa shape index (κ1) is 31.7. The molecule has 8 nitrogen and oxygen atoms in total. The van der Waals surface area contributed by atoms with Gasteiger partial charge in [-0.25, -0.2) is 4.98 Å². The molecular formula is C32H23BrClF3N4O4. The molecule has 0 saturated heterocycles. The zero-order valence-corrected chi connectivity index (χ0v) is 25.8. The van der Waals surface area contributed by atoms with Crippen LogP contribution in [0, 0.1) is 0 Å². The van der Waals surface area contributed by atoms with Crippen LogP contribution in [0.25, 0.3) is 22.3 Å². The molecule has 13 heteroatoms. The highest BCUT2D eigenvalue weighted by atomic mass is 79.9. The third kappa shape index (κ3) is 7.52. The molecule has 1 aromatic heterocycles. The van der Waals surface area contributed by atoms with E-state index in [1.54, 1.807) is 67.6 Å². The fourth-order valence-electron chi connectivity index (χ4n) is 4.31. The minimum atomic E-state index is -4.59. The van der Waals surface area contributed by atoms with Gasteiger partial charge < -0.3 is 14.8 Å². The normalized spacial score (nSPS) is 11.6. The second-order valence-corrected chi connectivity index (χ2v) is 10.8. The van der Waals surface area contributed by atoms with Crippen molar-refractivity contribution >= 4 is 56.2 Å². The highest BCUT2D eigenvalue weighted by Crippen LogP contribution is 2.37. The summed E-state index contributed by atoms with van der Waals surface area (Å²) in [5.41, 5.74) is -0.0865. The molecule has 0 spiro atoms. The molecule has 45 heavy (non-hydrogen) atoms. The Bertz CT molecular complexity index is 1960. The van der Waals surface area contributed by atoms with E-state index in [0.29, 0.717) is 26.3 Å². The summed E-state index contributed by atoms with van der Waals surface area (Å²) in [4.78, 5) is 30.5. The molecule has 0 saturated carbocycles. The predicted molar refractivity (Wildman–Crippen MR) is 170 cm³/mol. The Hall–Kier alpha value is -4.68. The summed E-state index contributed by atoms with van der Waals surface area (Å²) in [5, 5.41) is 7.82. The SMILES string of the molecule is CCOc1cc(C=Nn2c(-c3cccc(C(F)(F)F)c3)nc3ccccc3c2=O)cc(Br)c1OCC(=O)Nc1ccc(Cl)cc1. The lowest BCUT2D eigenvalue weighted by Gasteiger charge is -2.15. The molecule has 0 atom stereocenters. The summed E-state index contributed by atoms with van der Waals surface area (Å²) in [7, 11) is 0. The van der Waals surface area contributed by atoms with Gasteiger partial charge in [0.15, 0.2) is 23.9 Å². The molecule has 1 heterocycles. The summed E-state index contributed by atoms with van der Waals surface area (Å²) in [6.07, 6.45) is -3.25. The highest BCUT2D eigenvalue weighted by Gasteiger charge is 2.31. The van der Waals surface area contributed by atoms with Gasteiger partial charge in [0, 0.05) is 16.3 Å². The number of ether oxygens (including phenoxy) is 2. The number of rotatable bonds is 9. The van der Waals surface area contributed by atoms with Crippen molar-refractivity contribution in [1.29, 1.82) is 0 Å². The number of hydrogen-bond acceptors (Lipinski definition) is 6. The first-order valence-electron chi connectivity index (χ1n) is 13.4. The van der Waals surface area contributed by atoms with Gasteiger partial charge >= 0.3 is 6.18 Å². The van der Waals surface area contributed by atoms with Crippen molar-refractivity contribution in [3.63, 3.8) is 0 Å². The predicted octanol–water partition coefficient (Wildman–Crippen LogP) is 7.80. The molecule has 0 aliphatic carbocycles. The maximum Gasteiger partial charge on any atom is 0.416 e. The number of alkyl halides is 3. The molecule has 1 amide bonds. The number of carbonyl (C=O) groups excluding carboxylic acids is 1. The van der Waals surface area contributed by atoms with Crippen LogP contribution < -0.4 is 20.3 Å². The number of halogens is 5. The number of carbonyl (C=O) groups is 1. The Labute approximate surface area is 268 Å². The molecule has 5 rings (SSSR count). The van der Waals surface area contributed by atoms with Gasteiger partial charge in [-0.15, -0.1) is 0 Å². The number of anilines is 1. The number of hydrogen-bond donors (Lipinski definition) is 1. The number of aromatic nitrogens is 2. The van der Waals surface area contributed by atoms with Crippen molar-refractivity contribution in [3.05, 3.63) is 116 Å². The topological polar surface area (TPSA) is 94.8 Å². The molecule has 0 radical (unpaired) electrons. The molecule has 0 aliphatic rings. The summed E-state index contributed by atoms with van der Waals surface area (Å²) < 4.78 is 53.4. The largest absolute Gasteiger partial charge is 0.490 e. The molecular weight excluding hydrogens is 677 g/mol. The molecule has 0 fully saturated rings. The van der Waals surface area contributed by atoms with Crippen LogP contribution in [0.4, 0.5) is 18.9 Å². The Morgan fingerprint density at radius 2 is 1.80 bits per heavy atom. The third-order valence-corrected chi connectivity index (χ3v) is 7.17. The Kier molecular flexibility index (Phi) is 9.54. The number of nitrogens with zero attached hydrogens (tertiary/aromatic N) is 3. The van der Waals surface area contributed by atoms with Crippen molar-refractivity contribution in [1.82, 2.24) is 9.66 Å². The van der Waals surface area contributed by atoms with Gasteiger partial charge in [0.1, 0.15) is 0 Å². The van der Waals surface area contributed by atoms with E-state index in [1.807, 2.05) is 0 Å². The van der Waals surface area contributed by atoms with Crippen molar-refractivity contribution < 1.29 is 27.4 Å². The number of amides is 1. The standard InChI is InChI=1S/C32H23BrClF3N4O4/c1-2-44-27-15-19(14-25(33)29(27)45-18-28(42)39-23-12-10-22(34)11-13-23)17-38-41-30(20-6-5-7-21(16-20)32(35,36)37)40-26-9-4-3-8-24(26)31(41)43/h3-17H,2,18H2,1H3,(H,39,42). The van der Waals surface area contributed by atoms with Gasteiger partial charge in [0.2, 0.25) is 0 Å². The summed E-state index contributed by atoms with van der Waals surface area (Å²) in [5.74, 6) is 0.0589. The van der Waals surface area contributed by atoms with E-state index in [2.05, 4.69) is 31.3 Å². The number of fused-ring (bicyclic) bond motifs is 1. The smallest absolute Gasteiger partial charge is 0.416 e. The summed E-state index contributed by atoms with van der Waals surface area (Å²) in [6, 6.07) is 20.8. The second-order valence-electron chi connectivity index (χ2n) is 9.50. The Morgan fingerprint density at radius 1 is 1.04 bits per heavy atom. The number of benzene rings is 4. The number of nitrogens with one attached hydrogen (secondary N) is 1. The van der Waals surface area contributed by atoms with Gasteiger partial charge in [0.05, 0.1) is 33.8 Å². The fourth-order valence-corrected chi connectivity index (χ4v) is 5.01. The van der Waals surface area contributed by atoms with E-state index in [9.17, 15) is 22.8 Å². The molecule has 0 bridgehead atoms. The lowest BCUT2D eigenvalue weighted by atomic mass is 10.1. The molecule has 0 unspecified atom stereocenters. The van der Waals surface area contributed by atoms with E-state index in [1.165, 1.54) is 18.3 Å². The van der Waals surface area contributed by atoms with Crippen LogP contribution in [0.1, 0.15) is 18.1 Å². The van der Waals surface area contributed by atoms with Crippen LogP contribution in [0.3, 0.4) is 0 Å². The maximum absolute atomic E-state index is 13.5. The highest BCUT2D eigenvalue weighted by molar-refractivity contribution is 9.10. The van der Waals surface area contributed by atoms with E-state index in [0.717, 1.165) is 16.8 Å². The quantitative estimate of drug-likeness (QED) is 0.159. The van der Waals surface area contributed by atoms with E-state index < -0.39 is 23.2 Å². The minimum Gasteiger partial charge on any atom is -0.490 e. The van der Waals surface area contributed by atoms with E-state index >= 15 is 0 Å². The van der Waals surface area contributed by atoms with Gasteiger partial charge in [0.25, 0.3) is 11.5 Å². The van der Waals surface area contributed by atoms with Crippen LogP contribution in [0.15, 0.2) is 99.3 Å². The van der Waals surface area contributed by atoms with Crippen LogP contribution in [-0.2, 0) is 11.0 Å². The average Bonchev–Trinajstić information content (AvgIpc) is 3.01. The zero-order chi connectivity index (χ0) is 32.1. The van der Waals surface area contributed by atoms with Crippen molar-refractivity contribution in [2.24, 2.45) is 5.10 Å². The molecule has 230 valence electrons. The van der Waals surface area contributed by atoms with Gasteiger partial charge in [-0.2, -0.15) is 22.9 Å². The maximum atomic E-state index is 13.5. The average molecular weight is 700 g/mol. The first-order chi connectivity index (χ1) is 21.5. The lowest BCUT2D eigenvalue weighted by molar-refractivity contribution is -0.137. The Morgan fingerprint density at radius 3 is 2.53 bits per heavy atom. The summed E-state index contributed by atoms with van der Waals surface area (Å²) in [6.45, 7) is 1.72. The second kappa shape index (κ2) is 13.5. The zero-order valence-electron chi connectivity index (χ0n) is 23.4. The van der Waals surface area contributed by atoms with Gasteiger partial charge in [-0.1, -0.05) is 35.9 Å². The first-order valence-corrected chi connectivity index (χ1v) is 14.6. The molecule has 5 aromatic rings. The van der Waals surface area contributed by atoms with E-state index in [-0.39, 0.29) is 41.5 Å². The molecule has 0 aliphatic heterocycles. The Balaban J connectivity index is 1.48. The molecule has 4 aromatic carbocycles. The van der Waals surface area contributed by atoms with Crippen molar-refractivity contribution in [3.8, 4) is 22.9 Å².